The molecule has 0 radical (unpaired) electrons. The van der Waals surface area contributed by atoms with E-state index in [0.29, 0.717) is 6.08 Å². The highest BCUT2D eigenvalue weighted by molar-refractivity contribution is 7.89. The number of hydrogen-bond donors (Lipinski definition) is 0. The predicted octanol–water partition coefficient (Wildman–Crippen LogP) is 1.99. The summed E-state index contributed by atoms with van der Waals surface area (Å²) in [5.41, 5.74) is 0. The van der Waals surface area contributed by atoms with Gasteiger partial charge in [0, 0.05) is 6.42 Å². The zero-order valence-corrected chi connectivity index (χ0v) is 8.85. The number of hydrogen-bond acceptors (Lipinski definition) is 3. The van der Waals surface area contributed by atoms with Gasteiger partial charge in [-0.15, -0.1) is 12.4 Å². The average molecular weight is 287 g/mol. The van der Waals surface area contributed by atoms with Crippen LogP contribution in [0.5, 0.6) is 0 Å². The van der Waals surface area contributed by atoms with Crippen molar-refractivity contribution >= 4 is 22.5 Å². The van der Waals surface area contributed by atoms with E-state index in [1.54, 1.807) is 0 Å². The van der Waals surface area contributed by atoms with Crippen molar-refractivity contribution < 1.29 is 34.6 Å². The molecule has 0 aromatic heterocycles. The Hall–Kier alpha value is -0.570. The smallest absolute Gasteiger partial charge is 0.371 e. The second-order valence-electron chi connectivity index (χ2n) is 3.18. The Bertz CT molecular complexity index is 459. The minimum absolute atomic E-state index is 0. The molecular formula is C6H4ClF5O3S. The Balaban J connectivity index is 0.00000128. The minimum Gasteiger partial charge on any atom is -0.379 e. The second kappa shape index (κ2) is 3.00. The molecular weight excluding hydrogens is 283 g/mol. The fraction of sp³-hybridized carbons (Fsp3) is 0.667. The Morgan fingerprint density at radius 2 is 1.69 bits per heavy atom. The molecule has 1 fully saturated rings. The Labute approximate surface area is 92.8 Å². The van der Waals surface area contributed by atoms with Gasteiger partial charge in [0.05, 0.1) is 0 Å². The molecule has 10 heteroatoms. The van der Waals surface area contributed by atoms with Gasteiger partial charge < -0.3 is 4.18 Å². The van der Waals surface area contributed by atoms with Crippen LogP contribution >= 0.6 is 12.4 Å². The fourth-order valence-corrected chi connectivity index (χ4v) is 2.63. The molecule has 3 nitrogen and oxygen atoms in total. The SMILES string of the molecule is Cl.O=S1(=O)OC2=CCC(F)(F)C(F)(F)C21F. The fourth-order valence-electron chi connectivity index (χ4n) is 1.38. The number of halogens is 6. The molecule has 1 saturated heterocycles. The van der Waals surface area contributed by atoms with Crippen LogP contribution in [0.1, 0.15) is 6.42 Å². The van der Waals surface area contributed by atoms with Crippen LogP contribution in [0.4, 0.5) is 22.0 Å². The quantitative estimate of drug-likeness (QED) is 0.505. The molecule has 2 aliphatic rings. The highest BCUT2D eigenvalue weighted by Crippen LogP contribution is 2.61. The van der Waals surface area contributed by atoms with Crippen molar-refractivity contribution in [3.05, 3.63) is 11.8 Å². The Morgan fingerprint density at radius 1 is 1.19 bits per heavy atom. The summed E-state index contributed by atoms with van der Waals surface area (Å²) in [7, 11) is -5.33. The van der Waals surface area contributed by atoms with Crippen molar-refractivity contribution in [1.29, 1.82) is 0 Å². The van der Waals surface area contributed by atoms with Gasteiger partial charge in [0.25, 0.3) is 0 Å². The van der Waals surface area contributed by atoms with Crippen molar-refractivity contribution in [3.63, 3.8) is 0 Å². The Morgan fingerprint density at radius 3 is 2.06 bits per heavy atom. The lowest BCUT2D eigenvalue weighted by Crippen LogP contribution is -2.68. The monoisotopic (exact) mass is 286 g/mol. The first-order chi connectivity index (χ1) is 6.56. The van der Waals surface area contributed by atoms with Crippen molar-refractivity contribution in [2.24, 2.45) is 0 Å². The van der Waals surface area contributed by atoms with Gasteiger partial charge >= 0.3 is 27.0 Å². The second-order valence-corrected chi connectivity index (χ2v) is 4.82. The maximum Gasteiger partial charge on any atom is 0.371 e. The third kappa shape index (κ3) is 1.10. The summed E-state index contributed by atoms with van der Waals surface area (Å²) in [6.45, 7) is 0. The molecule has 1 atom stereocenters. The van der Waals surface area contributed by atoms with Crippen molar-refractivity contribution in [3.8, 4) is 0 Å². The van der Waals surface area contributed by atoms with E-state index in [2.05, 4.69) is 4.18 Å². The minimum atomic E-state index is -5.33. The predicted molar refractivity (Wildman–Crippen MR) is 43.7 cm³/mol. The lowest BCUT2D eigenvalue weighted by Gasteiger charge is -2.45. The van der Waals surface area contributed by atoms with Crippen LogP contribution in [0.3, 0.4) is 0 Å². The first kappa shape index (κ1) is 13.5. The van der Waals surface area contributed by atoms with E-state index < -0.39 is 39.1 Å². The summed E-state index contributed by atoms with van der Waals surface area (Å²) >= 11 is 0. The average Bonchev–Trinajstić information content (AvgIpc) is 2.08. The van der Waals surface area contributed by atoms with Crippen LogP contribution in [0.15, 0.2) is 11.8 Å². The third-order valence-electron chi connectivity index (χ3n) is 2.27. The topological polar surface area (TPSA) is 43.4 Å². The molecule has 0 amide bonds. The molecule has 0 aromatic rings. The maximum atomic E-state index is 13.4. The van der Waals surface area contributed by atoms with Crippen LogP contribution in [0.2, 0.25) is 0 Å². The molecule has 0 aromatic carbocycles. The Kier molecular flexibility index (Phi) is 2.53. The molecule has 0 saturated carbocycles. The normalized spacial score (nSPS) is 36.9. The first-order valence-electron chi connectivity index (χ1n) is 3.65. The number of alkyl halides is 5. The summed E-state index contributed by atoms with van der Waals surface area (Å²) in [4.78, 5) is 0. The van der Waals surface area contributed by atoms with E-state index >= 15 is 0 Å². The van der Waals surface area contributed by atoms with E-state index in [4.69, 9.17) is 0 Å². The van der Waals surface area contributed by atoms with Crippen LogP contribution in [-0.4, -0.2) is 25.3 Å². The van der Waals surface area contributed by atoms with Crippen LogP contribution in [0, 0.1) is 0 Å². The molecule has 0 N–H and O–H groups in total. The van der Waals surface area contributed by atoms with Gasteiger partial charge in [0.2, 0.25) is 0 Å². The zero-order chi connectivity index (χ0) is 11.7. The van der Waals surface area contributed by atoms with Gasteiger partial charge in [-0.05, 0) is 6.08 Å². The molecule has 1 aliphatic carbocycles. The van der Waals surface area contributed by atoms with Crippen molar-refractivity contribution in [2.75, 3.05) is 0 Å². The maximum absolute atomic E-state index is 13.4. The van der Waals surface area contributed by atoms with Crippen molar-refractivity contribution in [2.45, 2.75) is 23.3 Å². The summed E-state index contributed by atoms with van der Waals surface area (Å²) in [6, 6.07) is 0. The molecule has 1 unspecified atom stereocenters. The lowest BCUT2D eigenvalue weighted by atomic mass is 9.95. The van der Waals surface area contributed by atoms with Gasteiger partial charge in [0.1, 0.15) is 0 Å². The van der Waals surface area contributed by atoms with E-state index in [1.165, 1.54) is 0 Å². The molecule has 1 heterocycles. The number of fused-ring (bicyclic) bond motifs is 1. The molecule has 1 aliphatic heterocycles. The largest absolute Gasteiger partial charge is 0.379 e. The number of allylic oxidation sites excluding steroid dienone is 1. The van der Waals surface area contributed by atoms with E-state index in [-0.39, 0.29) is 12.4 Å². The van der Waals surface area contributed by atoms with Crippen molar-refractivity contribution in [1.82, 2.24) is 0 Å². The van der Waals surface area contributed by atoms with Gasteiger partial charge in [-0.1, -0.05) is 0 Å². The summed E-state index contributed by atoms with van der Waals surface area (Å²) in [5, 5.41) is -4.43. The molecule has 0 spiro atoms. The zero-order valence-electron chi connectivity index (χ0n) is 7.22. The molecule has 0 bridgehead atoms. The van der Waals surface area contributed by atoms with E-state index in [0.717, 1.165) is 0 Å². The summed E-state index contributed by atoms with van der Waals surface area (Å²) in [6.07, 6.45) is -1.14. The van der Waals surface area contributed by atoms with E-state index in [9.17, 15) is 30.4 Å². The molecule has 2 rings (SSSR count). The first-order valence-corrected chi connectivity index (χ1v) is 5.06. The summed E-state index contributed by atoms with van der Waals surface area (Å²) < 4.78 is 89.6. The van der Waals surface area contributed by atoms with Gasteiger partial charge in [-0.3, -0.25) is 0 Å². The van der Waals surface area contributed by atoms with Crippen LogP contribution < -0.4 is 0 Å². The number of rotatable bonds is 0. The van der Waals surface area contributed by atoms with Gasteiger partial charge in [0.15, 0.2) is 5.76 Å². The lowest BCUT2D eigenvalue weighted by molar-refractivity contribution is -0.259. The highest BCUT2D eigenvalue weighted by atomic mass is 35.5. The van der Waals surface area contributed by atoms with Gasteiger partial charge in [-0.2, -0.15) is 26.0 Å². The van der Waals surface area contributed by atoms with Crippen LogP contribution in [0.25, 0.3) is 0 Å². The molecule has 16 heavy (non-hydrogen) atoms. The third-order valence-corrected chi connectivity index (χ3v) is 3.81. The van der Waals surface area contributed by atoms with E-state index in [1.807, 2.05) is 0 Å². The highest BCUT2D eigenvalue weighted by Gasteiger charge is 2.85. The molecule has 94 valence electrons. The standard InChI is InChI=1S/C6H3F5O3S.ClH/c7-4(8)2-1-3-5(9,6(4,10)11)15(12,13)14-3;/h1H,2H2;1H. The van der Waals surface area contributed by atoms with Gasteiger partial charge in [-0.25, -0.2) is 4.39 Å². The summed E-state index contributed by atoms with van der Waals surface area (Å²) in [5.74, 6) is -11.3. The van der Waals surface area contributed by atoms with Crippen LogP contribution in [-0.2, 0) is 14.3 Å².